The third-order valence-electron chi connectivity index (χ3n) is 0.0667. The van der Waals surface area contributed by atoms with Crippen LogP contribution in [0.4, 0.5) is 0 Å². The predicted octanol–water partition coefficient (Wildman–Crippen LogP) is 0.952. The van der Waals surface area contributed by atoms with Crippen molar-refractivity contribution < 1.29 is 16.8 Å². The summed E-state index contributed by atoms with van der Waals surface area (Å²) in [5.74, 6) is 0. The molecule has 0 atom stereocenters. The molecule has 3 heteroatoms. The van der Waals surface area contributed by atoms with Crippen molar-refractivity contribution in [3.05, 3.63) is 18.3 Å². The minimum atomic E-state index is 0. The monoisotopic (exact) mass is 113 g/mol. The first-order valence-electron chi connectivity index (χ1n) is 0.792. The molecule has 0 bridgehead atoms. The summed E-state index contributed by atoms with van der Waals surface area (Å²) >= 11 is 0. The second-order valence-corrected chi connectivity index (χ2v) is 0.265. The van der Waals surface area contributed by atoms with E-state index in [0.29, 0.717) is 0 Å². The molecule has 0 heterocycles. The number of nitrogens with zero attached hydrogens (tertiary/aromatic N) is 2. The van der Waals surface area contributed by atoms with Crippen molar-refractivity contribution >= 4 is 0 Å². The summed E-state index contributed by atoms with van der Waals surface area (Å²) in [7, 11) is 0. The van der Waals surface area contributed by atoms with Crippen LogP contribution in [0.15, 0.2) is 11.3 Å². The molecule has 0 unspecified atom stereocenters. The molecule has 0 aromatic heterocycles. The molecule has 0 saturated heterocycles. The summed E-state index contributed by atoms with van der Waals surface area (Å²) < 4.78 is 0. The Kier molecular flexibility index (Phi) is 16.2. The second-order valence-electron chi connectivity index (χ2n) is 0.265. The Morgan fingerprint density at radius 2 is 2.00 bits per heavy atom. The molecular weight excluding hydrogens is 111 g/mol. The van der Waals surface area contributed by atoms with E-state index in [0.717, 1.165) is 6.20 Å². The van der Waals surface area contributed by atoms with Crippen LogP contribution in [0.1, 0.15) is 0 Å². The van der Waals surface area contributed by atoms with Gasteiger partial charge in [0.1, 0.15) is 0 Å². The molecule has 0 fully saturated rings. The van der Waals surface area contributed by atoms with Gasteiger partial charge < -0.3 is 17.2 Å². The van der Waals surface area contributed by atoms with Crippen molar-refractivity contribution in [2.75, 3.05) is 0 Å². The van der Waals surface area contributed by atoms with Gasteiger partial charge in [0, 0.05) is 0 Å². The summed E-state index contributed by atoms with van der Waals surface area (Å²) in [6.45, 7) is 4.49. The van der Waals surface area contributed by atoms with Gasteiger partial charge in [-0.2, -0.15) is 6.20 Å². The molecule has 0 aliphatic rings. The van der Waals surface area contributed by atoms with E-state index in [1.807, 2.05) is 0 Å². The SMILES string of the molecule is [CH-]=CN=[N-].[Co+2]. The van der Waals surface area contributed by atoms with E-state index < -0.39 is 0 Å². The van der Waals surface area contributed by atoms with E-state index in [-0.39, 0.29) is 16.8 Å². The van der Waals surface area contributed by atoms with E-state index in [4.69, 9.17) is 5.53 Å². The van der Waals surface area contributed by atoms with Crippen LogP contribution in [0.25, 0.3) is 5.53 Å². The number of rotatable bonds is 1. The van der Waals surface area contributed by atoms with Gasteiger partial charge in [-0.05, 0) is 0 Å². The first-order valence-corrected chi connectivity index (χ1v) is 0.792. The van der Waals surface area contributed by atoms with Crippen LogP contribution in [0.2, 0.25) is 0 Å². The second kappa shape index (κ2) is 9.14. The smallest absolute Gasteiger partial charge is 0.710 e. The average Bonchev–Trinajstić information content (AvgIpc) is 1.37. The van der Waals surface area contributed by atoms with Crippen molar-refractivity contribution in [3.63, 3.8) is 0 Å². The molecule has 0 saturated carbocycles. The Morgan fingerprint density at radius 1 is 1.80 bits per heavy atom. The third-order valence-corrected chi connectivity index (χ3v) is 0.0667. The minimum absolute atomic E-state index is 0. The van der Waals surface area contributed by atoms with E-state index in [2.05, 4.69) is 11.7 Å². The first kappa shape index (κ1) is 8.85. The number of hydrogen-bond acceptors (Lipinski definition) is 1. The fourth-order valence-corrected chi connectivity index (χ4v) is 0. The van der Waals surface area contributed by atoms with Crippen molar-refractivity contribution in [2.45, 2.75) is 0 Å². The summed E-state index contributed by atoms with van der Waals surface area (Å²) in [5.41, 5.74) is 7.32. The molecule has 0 amide bonds. The van der Waals surface area contributed by atoms with Crippen LogP contribution in [0.5, 0.6) is 0 Å². The quantitative estimate of drug-likeness (QED) is 0.358. The Bertz CT molecular complexity index is 28.6. The van der Waals surface area contributed by atoms with E-state index in [1.54, 1.807) is 0 Å². The van der Waals surface area contributed by atoms with Crippen LogP contribution in [0, 0.1) is 6.58 Å². The minimum Gasteiger partial charge on any atom is -0.710 e. The first-order chi connectivity index (χ1) is 1.91. The zero-order valence-electron chi connectivity index (χ0n) is 2.38. The van der Waals surface area contributed by atoms with Gasteiger partial charge in [0.05, 0.1) is 0 Å². The Labute approximate surface area is 41.0 Å². The van der Waals surface area contributed by atoms with Gasteiger partial charge in [0.15, 0.2) is 0 Å². The largest absolute Gasteiger partial charge is 2.00 e. The Hall–Kier alpha value is -0.154. The molecular formula is C2H2CoN2. The summed E-state index contributed by atoms with van der Waals surface area (Å²) in [4.78, 5) is 0. The molecule has 1 radical (unpaired) electrons. The molecule has 0 aromatic carbocycles. The zero-order valence-corrected chi connectivity index (χ0v) is 3.42. The predicted molar refractivity (Wildman–Crippen MR) is 14.7 cm³/mol. The summed E-state index contributed by atoms with van der Waals surface area (Å²) in [6.07, 6.45) is 0.806. The molecule has 0 aliphatic carbocycles. The molecule has 29 valence electrons. The maximum atomic E-state index is 7.32. The molecule has 2 nitrogen and oxygen atoms in total. The van der Waals surface area contributed by atoms with Gasteiger partial charge in [-0.15, -0.1) is 0 Å². The Morgan fingerprint density at radius 3 is 2.00 bits per heavy atom. The zero-order chi connectivity index (χ0) is 3.41. The normalized spacial score (nSPS) is 4.00. The standard InChI is InChI=1S/C2H2N2.Co/c1-2-4-3;/h1-2H;/q-2;+2. The molecule has 0 rings (SSSR count). The molecule has 0 aromatic rings. The molecule has 0 spiro atoms. The maximum absolute atomic E-state index is 7.32. The van der Waals surface area contributed by atoms with Crippen molar-refractivity contribution in [2.24, 2.45) is 5.11 Å². The van der Waals surface area contributed by atoms with Crippen molar-refractivity contribution in [3.8, 4) is 0 Å². The number of hydrogen-bond donors (Lipinski definition) is 0. The third kappa shape index (κ3) is 18.3. The van der Waals surface area contributed by atoms with Gasteiger partial charge in [-0.25, -0.2) is 0 Å². The van der Waals surface area contributed by atoms with Crippen molar-refractivity contribution in [1.29, 1.82) is 0 Å². The van der Waals surface area contributed by atoms with Crippen LogP contribution in [-0.2, 0) is 16.8 Å². The fourth-order valence-electron chi connectivity index (χ4n) is 0. The van der Waals surface area contributed by atoms with Gasteiger partial charge in [0.25, 0.3) is 0 Å². The fraction of sp³-hybridized carbons (Fsp3) is 0. The average molecular weight is 113 g/mol. The topological polar surface area (TPSA) is 34.7 Å². The van der Waals surface area contributed by atoms with Crippen LogP contribution in [-0.4, -0.2) is 0 Å². The molecule has 5 heavy (non-hydrogen) atoms. The van der Waals surface area contributed by atoms with E-state index in [1.165, 1.54) is 0 Å². The summed E-state index contributed by atoms with van der Waals surface area (Å²) in [5, 5.41) is 2.39. The van der Waals surface area contributed by atoms with Crippen molar-refractivity contribution in [1.82, 2.24) is 0 Å². The van der Waals surface area contributed by atoms with E-state index >= 15 is 0 Å². The van der Waals surface area contributed by atoms with E-state index in [9.17, 15) is 0 Å². The Balaban J connectivity index is 0. The van der Waals surface area contributed by atoms with Crippen LogP contribution in [0.3, 0.4) is 0 Å². The van der Waals surface area contributed by atoms with Crippen LogP contribution < -0.4 is 0 Å². The van der Waals surface area contributed by atoms with Gasteiger partial charge >= 0.3 is 16.8 Å². The van der Waals surface area contributed by atoms with Gasteiger partial charge in [-0.1, -0.05) is 0 Å². The van der Waals surface area contributed by atoms with Crippen LogP contribution >= 0.6 is 0 Å². The molecule has 0 aliphatic heterocycles. The molecule has 0 N–H and O–H groups in total. The van der Waals surface area contributed by atoms with Gasteiger partial charge in [0.2, 0.25) is 0 Å². The maximum Gasteiger partial charge on any atom is 2.00 e. The summed E-state index contributed by atoms with van der Waals surface area (Å²) in [6, 6.07) is 0. The van der Waals surface area contributed by atoms with Gasteiger partial charge in [-0.3, -0.25) is 0 Å².